The van der Waals surface area contributed by atoms with Gasteiger partial charge in [0.05, 0.1) is 0 Å². The predicted octanol–water partition coefficient (Wildman–Crippen LogP) is 6.93. The van der Waals surface area contributed by atoms with Gasteiger partial charge in [0, 0.05) is 18.5 Å². The highest BCUT2D eigenvalue weighted by molar-refractivity contribution is 5.92. The fraction of sp³-hybridized carbons (Fsp3) is 0.514. The van der Waals surface area contributed by atoms with Gasteiger partial charge < -0.3 is 25.4 Å². The molecule has 0 saturated heterocycles. The Morgan fingerprint density at radius 1 is 0.977 bits per heavy atom. The van der Waals surface area contributed by atoms with Crippen molar-refractivity contribution in [3.8, 4) is 5.75 Å². The first kappa shape index (κ1) is 35.4. The van der Waals surface area contributed by atoms with Crippen LogP contribution in [0.25, 0.3) is 6.08 Å². The van der Waals surface area contributed by atoms with Gasteiger partial charge >= 0.3 is 6.09 Å². The molecular weight excluding hydrogens is 542 g/mol. The molecule has 0 heterocycles. The number of hydrogen-bond acceptors (Lipinski definition) is 5. The minimum absolute atomic E-state index is 0.0986. The van der Waals surface area contributed by atoms with Gasteiger partial charge in [-0.3, -0.25) is 9.59 Å². The number of aromatic hydroxyl groups is 1. The smallest absolute Gasteiger partial charge is 0.408 e. The van der Waals surface area contributed by atoms with Crippen LogP contribution in [-0.2, 0) is 20.7 Å². The van der Waals surface area contributed by atoms with E-state index in [1.165, 1.54) is 12.1 Å². The van der Waals surface area contributed by atoms with Crippen LogP contribution in [0, 0.1) is 0 Å². The molecule has 0 saturated carbocycles. The van der Waals surface area contributed by atoms with Crippen molar-refractivity contribution in [2.45, 2.75) is 110 Å². The van der Waals surface area contributed by atoms with Gasteiger partial charge in [-0.05, 0) is 82.9 Å². The lowest BCUT2D eigenvalue weighted by Crippen LogP contribution is -2.55. The number of hydrogen-bond donors (Lipinski definition) is 3. The van der Waals surface area contributed by atoms with Crippen molar-refractivity contribution < 1.29 is 24.2 Å². The van der Waals surface area contributed by atoms with E-state index in [2.05, 4.69) is 24.1 Å². The largest absolute Gasteiger partial charge is 0.508 e. The minimum Gasteiger partial charge on any atom is -0.508 e. The second-order valence-corrected chi connectivity index (χ2v) is 13.0. The summed E-state index contributed by atoms with van der Waals surface area (Å²) in [6.07, 6.45) is 5.93. The zero-order chi connectivity index (χ0) is 32.2. The molecule has 2 aromatic rings. The van der Waals surface area contributed by atoms with Crippen LogP contribution in [0.5, 0.6) is 5.75 Å². The van der Waals surface area contributed by atoms with Crippen LogP contribution in [0.3, 0.4) is 0 Å². The number of phenolic OH excluding ortho intramolecular Hbond substituents is 1. The molecular formula is C35H51N3O5. The molecule has 3 amide bonds. The molecule has 8 heteroatoms. The van der Waals surface area contributed by atoms with Crippen LogP contribution in [0.2, 0.25) is 0 Å². The van der Waals surface area contributed by atoms with Crippen LogP contribution in [0.15, 0.2) is 55.1 Å². The zero-order valence-electron chi connectivity index (χ0n) is 27.0. The lowest BCUT2D eigenvalue weighted by molar-refractivity contribution is -0.143. The minimum atomic E-state index is -1.03. The van der Waals surface area contributed by atoms with Crippen LogP contribution < -0.4 is 10.6 Å². The number of carbonyl (C=O) groups is 3. The molecule has 0 fully saturated rings. The third-order valence-electron chi connectivity index (χ3n) is 6.67. The Morgan fingerprint density at radius 3 is 2.21 bits per heavy atom. The maximum atomic E-state index is 14.6. The first-order chi connectivity index (χ1) is 20.1. The van der Waals surface area contributed by atoms with Crippen molar-refractivity contribution in [1.82, 2.24) is 15.5 Å². The Bertz CT molecular complexity index is 1210. The molecule has 0 bridgehead atoms. The standard InChI is InChI=1S/C35H51N3O5/c1-9-11-12-13-14-22-38(30(31(40)37-34(3,4)5)27-17-15-16-25(10-2)23-27)32(41)29(36-33(42)43-35(6,7)8)24-26-18-20-28(39)21-19-26/h10,15-21,23,29-30,39H,2,9,11-14,22,24H2,1,3-8H3,(H,36,42)(H,37,40). The summed E-state index contributed by atoms with van der Waals surface area (Å²) >= 11 is 0. The Balaban J connectivity index is 2.61. The second-order valence-electron chi connectivity index (χ2n) is 13.0. The monoisotopic (exact) mass is 593 g/mol. The topological polar surface area (TPSA) is 108 Å². The maximum absolute atomic E-state index is 14.6. The number of amides is 3. The van der Waals surface area contributed by atoms with Crippen molar-refractivity contribution in [2.75, 3.05) is 6.54 Å². The number of rotatable bonds is 14. The number of nitrogens with one attached hydrogen (secondary N) is 2. The van der Waals surface area contributed by atoms with Crippen molar-refractivity contribution in [3.05, 3.63) is 71.8 Å². The summed E-state index contributed by atoms with van der Waals surface area (Å²) in [5.74, 6) is -0.606. The summed E-state index contributed by atoms with van der Waals surface area (Å²) in [5, 5.41) is 15.6. The van der Waals surface area contributed by atoms with E-state index in [0.717, 1.165) is 36.8 Å². The fourth-order valence-electron chi connectivity index (χ4n) is 4.74. The maximum Gasteiger partial charge on any atom is 0.408 e. The number of unbranched alkanes of at least 4 members (excludes halogenated alkanes) is 4. The average molecular weight is 594 g/mol. The molecule has 0 aliphatic carbocycles. The van der Waals surface area contributed by atoms with Crippen molar-refractivity contribution >= 4 is 24.0 Å². The van der Waals surface area contributed by atoms with Gasteiger partial charge in [-0.25, -0.2) is 4.79 Å². The van der Waals surface area contributed by atoms with Crippen molar-refractivity contribution in [2.24, 2.45) is 0 Å². The molecule has 0 aromatic heterocycles. The summed E-state index contributed by atoms with van der Waals surface area (Å²) < 4.78 is 5.52. The van der Waals surface area contributed by atoms with Gasteiger partial charge in [-0.15, -0.1) is 0 Å². The van der Waals surface area contributed by atoms with E-state index in [9.17, 15) is 19.5 Å². The zero-order valence-corrected chi connectivity index (χ0v) is 27.0. The third-order valence-corrected chi connectivity index (χ3v) is 6.67. The van der Waals surface area contributed by atoms with E-state index in [-0.39, 0.29) is 18.1 Å². The summed E-state index contributed by atoms with van der Waals surface area (Å²) in [6, 6.07) is 12.0. The predicted molar refractivity (Wildman–Crippen MR) is 173 cm³/mol. The first-order valence-electron chi connectivity index (χ1n) is 15.3. The normalized spacial score (nSPS) is 13.0. The SMILES string of the molecule is C=Cc1cccc(C(C(=O)NC(C)(C)C)N(CCCCCCC)C(=O)C(Cc2ccc(O)cc2)NC(=O)OC(C)(C)C)c1. The molecule has 8 nitrogen and oxygen atoms in total. The molecule has 2 atom stereocenters. The summed E-state index contributed by atoms with van der Waals surface area (Å²) in [7, 11) is 0. The second kappa shape index (κ2) is 16.1. The van der Waals surface area contributed by atoms with Crippen LogP contribution in [0.4, 0.5) is 4.79 Å². The summed E-state index contributed by atoms with van der Waals surface area (Å²) in [4.78, 5) is 43.2. The van der Waals surface area contributed by atoms with E-state index in [4.69, 9.17) is 4.74 Å². The lowest BCUT2D eigenvalue weighted by atomic mass is 9.97. The molecule has 0 aliphatic rings. The van der Waals surface area contributed by atoms with Gasteiger partial charge in [0.2, 0.25) is 11.8 Å². The average Bonchev–Trinajstić information content (AvgIpc) is 2.90. The highest BCUT2D eigenvalue weighted by Crippen LogP contribution is 2.27. The molecule has 2 unspecified atom stereocenters. The quantitative estimate of drug-likeness (QED) is 0.206. The molecule has 236 valence electrons. The van der Waals surface area contributed by atoms with Gasteiger partial charge in [0.25, 0.3) is 0 Å². The van der Waals surface area contributed by atoms with Gasteiger partial charge in [-0.2, -0.15) is 0 Å². The van der Waals surface area contributed by atoms with E-state index in [0.29, 0.717) is 18.5 Å². The number of carbonyl (C=O) groups excluding carboxylic acids is 3. The number of alkyl carbamates (subject to hydrolysis) is 1. The lowest BCUT2D eigenvalue weighted by Gasteiger charge is -2.36. The Morgan fingerprint density at radius 2 is 1.63 bits per heavy atom. The third kappa shape index (κ3) is 12.5. The van der Waals surface area contributed by atoms with Crippen LogP contribution >= 0.6 is 0 Å². The van der Waals surface area contributed by atoms with Crippen molar-refractivity contribution in [1.29, 1.82) is 0 Å². The van der Waals surface area contributed by atoms with Crippen LogP contribution in [0.1, 0.15) is 103 Å². The molecule has 2 aromatic carbocycles. The van der Waals surface area contributed by atoms with E-state index in [1.54, 1.807) is 43.9 Å². The molecule has 43 heavy (non-hydrogen) atoms. The number of nitrogens with zero attached hydrogens (tertiary/aromatic N) is 1. The van der Waals surface area contributed by atoms with E-state index < -0.39 is 35.2 Å². The molecule has 2 rings (SSSR count). The molecule has 0 radical (unpaired) electrons. The van der Waals surface area contributed by atoms with Crippen molar-refractivity contribution in [3.63, 3.8) is 0 Å². The van der Waals surface area contributed by atoms with Gasteiger partial charge in [0.15, 0.2) is 0 Å². The Labute approximate surface area is 257 Å². The highest BCUT2D eigenvalue weighted by atomic mass is 16.6. The Kier molecular flexibility index (Phi) is 13.3. The number of ether oxygens (including phenoxy) is 1. The first-order valence-corrected chi connectivity index (χ1v) is 15.3. The van der Waals surface area contributed by atoms with Gasteiger partial charge in [0.1, 0.15) is 23.4 Å². The fourth-order valence-corrected chi connectivity index (χ4v) is 4.74. The summed E-state index contributed by atoms with van der Waals surface area (Å²) in [5.41, 5.74) is 0.909. The molecule has 3 N–H and O–H groups in total. The summed E-state index contributed by atoms with van der Waals surface area (Å²) in [6.45, 7) is 17.3. The Hall–Kier alpha value is -3.81. The van der Waals surface area contributed by atoms with Gasteiger partial charge in [-0.1, -0.05) is 75.6 Å². The molecule has 0 spiro atoms. The van der Waals surface area contributed by atoms with Crippen LogP contribution in [-0.4, -0.2) is 51.6 Å². The molecule has 0 aliphatic heterocycles. The number of phenols is 1. The highest BCUT2D eigenvalue weighted by Gasteiger charge is 2.37. The van der Waals surface area contributed by atoms with E-state index in [1.807, 2.05) is 45.0 Å². The van der Waals surface area contributed by atoms with E-state index >= 15 is 0 Å². The number of benzene rings is 2.